The molecule has 25 heavy (non-hydrogen) atoms. The number of carbonyl (C=O) groups excluding carboxylic acids is 2. The van der Waals surface area contributed by atoms with Crippen LogP contribution in [0.25, 0.3) is 0 Å². The van der Waals surface area contributed by atoms with Crippen LogP contribution in [0.5, 0.6) is 0 Å². The van der Waals surface area contributed by atoms with Crippen LogP contribution in [0.3, 0.4) is 0 Å². The maximum atomic E-state index is 12.3. The van der Waals surface area contributed by atoms with Gasteiger partial charge in [0.25, 0.3) is 0 Å². The van der Waals surface area contributed by atoms with E-state index in [1.807, 2.05) is 4.90 Å². The van der Waals surface area contributed by atoms with E-state index in [1.54, 1.807) is 18.5 Å². The Kier molecular flexibility index (Phi) is 5.83. The minimum Gasteiger partial charge on any atom is -0.356 e. The van der Waals surface area contributed by atoms with Crippen molar-refractivity contribution >= 4 is 17.8 Å². The molecule has 2 amide bonds. The Bertz CT molecular complexity index is 582. The van der Waals surface area contributed by atoms with Gasteiger partial charge in [0.05, 0.1) is 0 Å². The van der Waals surface area contributed by atoms with Gasteiger partial charge in [-0.3, -0.25) is 9.59 Å². The lowest BCUT2D eigenvalue weighted by Gasteiger charge is -2.34. The molecule has 136 valence electrons. The minimum atomic E-state index is 0.0678. The van der Waals surface area contributed by atoms with Gasteiger partial charge in [-0.2, -0.15) is 0 Å². The molecule has 1 aromatic rings. The van der Waals surface area contributed by atoms with Crippen LogP contribution in [0, 0.1) is 11.8 Å². The molecule has 1 atom stereocenters. The molecule has 3 rings (SSSR count). The van der Waals surface area contributed by atoms with E-state index in [-0.39, 0.29) is 11.8 Å². The van der Waals surface area contributed by atoms with Crippen LogP contribution in [0.4, 0.5) is 5.95 Å². The zero-order chi connectivity index (χ0) is 17.6. The Morgan fingerprint density at radius 1 is 1.20 bits per heavy atom. The molecule has 7 nitrogen and oxygen atoms in total. The minimum absolute atomic E-state index is 0.0678. The molecule has 7 heteroatoms. The van der Waals surface area contributed by atoms with Crippen molar-refractivity contribution in [2.75, 3.05) is 37.6 Å². The average Bonchev–Trinajstić information content (AvgIpc) is 3.48. The summed E-state index contributed by atoms with van der Waals surface area (Å²) >= 11 is 0. The van der Waals surface area contributed by atoms with Crippen LogP contribution in [0.15, 0.2) is 18.5 Å². The molecule has 1 unspecified atom stereocenters. The molecule has 0 spiro atoms. The van der Waals surface area contributed by atoms with E-state index in [0.29, 0.717) is 44.3 Å². The lowest BCUT2D eigenvalue weighted by Crippen LogP contribution is -2.49. The van der Waals surface area contributed by atoms with Gasteiger partial charge < -0.3 is 15.1 Å². The number of nitrogens with zero attached hydrogens (tertiary/aromatic N) is 4. The second-order valence-corrected chi connectivity index (χ2v) is 7.04. The highest BCUT2D eigenvalue weighted by Crippen LogP contribution is 2.37. The number of nitrogens with one attached hydrogen (secondary N) is 1. The van der Waals surface area contributed by atoms with E-state index in [9.17, 15) is 9.59 Å². The molecular weight excluding hydrogens is 318 g/mol. The predicted octanol–water partition coefficient (Wildman–Crippen LogP) is 1.07. The van der Waals surface area contributed by atoms with Gasteiger partial charge in [-0.05, 0) is 30.7 Å². The lowest BCUT2D eigenvalue weighted by molar-refractivity contribution is -0.131. The molecule has 0 radical (unpaired) electrons. The first-order valence-corrected chi connectivity index (χ1v) is 9.20. The summed E-state index contributed by atoms with van der Waals surface area (Å²) in [6.07, 6.45) is 6.92. The summed E-state index contributed by atoms with van der Waals surface area (Å²) < 4.78 is 0. The maximum absolute atomic E-state index is 12.3. The zero-order valence-corrected chi connectivity index (χ0v) is 14.9. The van der Waals surface area contributed by atoms with Crippen LogP contribution < -0.4 is 10.2 Å². The maximum Gasteiger partial charge on any atom is 0.225 e. The van der Waals surface area contributed by atoms with Crippen molar-refractivity contribution < 1.29 is 9.59 Å². The number of aromatic nitrogens is 2. The number of hydrogen-bond donors (Lipinski definition) is 1. The molecule has 1 saturated carbocycles. The number of piperazine rings is 1. The van der Waals surface area contributed by atoms with E-state index in [2.05, 4.69) is 27.1 Å². The van der Waals surface area contributed by atoms with Gasteiger partial charge in [-0.15, -0.1) is 0 Å². The topological polar surface area (TPSA) is 78.4 Å². The van der Waals surface area contributed by atoms with Crippen molar-refractivity contribution in [1.82, 2.24) is 20.2 Å². The number of amides is 2. The van der Waals surface area contributed by atoms with Crippen molar-refractivity contribution in [3.8, 4) is 0 Å². The van der Waals surface area contributed by atoms with Crippen LogP contribution >= 0.6 is 0 Å². The molecule has 2 aliphatic rings. The van der Waals surface area contributed by atoms with Crippen LogP contribution in [0.2, 0.25) is 0 Å². The molecule has 1 aliphatic carbocycles. The molecule has 2 fully saturated rings. The standard InChI is InChI=1S/C18H27N5O2/c1-14(15-3-4-15)13-16(24)19-8-5-17(25)22-9-11-23(12-10-22)18-20-6-2-7-21-18/h2,6-7,14-15H,3-5,8-13H2,1H3,(H,19,24). The largest absolute Gasteiger partial charge is 0.356 e. The van der Waals surface area contributed by atoms with E-state index >= 15 is 0 Å². The predicted molar refractivity (Wildman–Crippen MR) is 95.0 cm³/mol. The third-order valence-electron chi connectivity index (χ3n) is 5.06. The Morgan fingerprint density at radius 3 is 2.52 bits per heavy atom. The number of carbonyl (C=O) groups is 2. The van der Waals surface area contributed by atoms with Crippen LogP contribution in [0.1, 0.15) is 32.6 Å². The highest BCUT2D eigenvalue weighted by Gasteiger charge is 2.29. The van der Waals surface area contributed by atoms with E-state index in [0.717, 1.165) is 19.0 Å². The van der Waals surface area contributed by atoms with E-state index < -0.39 is 0 Å². The summed E-state index contributed by atoms with van der Waals surface area (Å²) in [5.41, 5.74) is 0. The fourth-order valence-corrected chi connectivity index (χ4v) is 3.27. The first-order valence-electron chi connectivity index (χ1n) is 9.20. The van der Waals surface area contributed by atoms with Crippen LogP contribution in [-0.4, -0.2) is 59.4 Å². The quantitative estimate of drug-likeness (QED) is 0.800. The number of hydrogen-bond acceptors (Lipinski definition) is 5. The molecule has 1 aromatic heterocycles. The van der Waals surface area contributed by atoms with Crippen LogP contribution in [-0.2, 0) is 9.59 Å². The Balaban J connectivity index is 1.33. The molecular formula is C18H27N5O2. The highest BCUT2D eigenvalue weighted by atomic mass is 16.2. The van der Waals surface area contributed by atoms with E-state index in [4.69, 9.17) is 0 Å². The smallest absolute Gasteiger partial charge is 0.225 e. The van der Waals surface area contributed by atoms with Gasteiger partial charge >= 0.3 is 0 Å². The third kappa shape index (κ3) is 5.14. The Hall–Kier alpha value is -2.18. The summed E-state index contributed by atoms with van der Waals surface area (Å²) in [6.45, 7) is 5.38. The summed E-state index contributed by atoms with van der Waals surface area (Å²) in [5, 5.41) is 2.88. The highest BCUT2D eigenvalue weighted by molar-refractivity contribution is 5.79. The second kappa shape index (κ2) is 8.27. The Labute approximate surface area is 148 Å². The molecule has 1 aliphatic heterocycles. The average molecular weight is 345 g/mol. The van der Waals surface area contributed by atoms with Gasteiger partial charge in [0.2, 0.25) is 17.8 Å². The third-order valence-corrected chi connectivity index (χ3v) is 5.06. The van der Waals surface area contributed by atoms with Gasteiger partial charge in [-0.25, -0.2) is 9.97 Å². The fourth-order valence-electron chi connectivity index (χ4n) is 3.27. The van der Waals surface area contributed by atoms with Crippen molar-refractivity contribution in [1.29, 1.82) is 0 Å². The monoisotopic (exact) mass is 345 g/mol. The summed E-state index contributed by atoms with van der Waals surface area (Å²) in [5.74, 6) is 2.08. The molecule has 1 saturated heterocycles. The SMILES string of the molecule is CC(CC(=O)NCCC(=O)N1CCN(c2ncccn2)CC1)C1CC1. The van der Waals surface area contributed by atoms with Gasteiger partial charge in [0.15, 0.2) is 0 Å². The van der Waals surface area contributed by atoms with Gasteiger partial charge in [0.1, 0.15) is 0 Å². The Morgan fingerprint density at radius 2 is 1.88 bits per heavy atom. The zero-order valence-electron chi connectivity index (χ0n) is 14.9. The van der Waals surface area contributed by atoms with Crippen molar-refractivity contribution in [3.63, 3.8) is 0 Å². The number of rotatable bonds is 7. The normalized spacial score (nSPS) is 18.8. The molecule has 1 N–H and O–H groups in total. The van der Waals surface area contributed by atoms with Crippen molar-refractivity contribution in [2.24, 2.45) is 11.8 Å². The van der Waals surface area contributed by atoms with Gasteiger partial charge in [0, 0.05) is 58.0 Å². The fraction of sp³-hybridized carbons (Fsp3) is 0.667. The molecule has 0 aromatic carbocycles. The molecule has 2 heterocycles. The molecule has 0 bridgehead atoms. The first kappa shape index (κ1) is 17.6. The van der Waals surface area contributed by atoms with E-state index in [1.165, 1.54) is 12.8 Å². The van der Waals surface area contributed by atoms with Gasteiger partial charge in [-0.1, -0.05) is 6.92 Å². The van der Waals surface area contributed by atoms with Crippen molar-refractivity contribution in [3.05, 3.63) is 18.5 Å². The van der Waals surface area contributed by atoms with Crippen molar-refractivity contribution in [2.45, 2.75) is 32.6 Å². The summed E-state index contributed by atoms with van der Waals surface area (Å²) in [6, 6.07) is 1.79. The second-order valence-electron chi connectivity index (χ2n) is 7.04. The summed E-state index contributed by atoms with van der Waals surface area (Å²) in [7, 11) is 0. The lowest BCUT2D eigenvalue weighted by atomic mass is 10.0. The first-order chi connectivity index (χ1) is 12.1. The number of anilines is 1. The summed E-state index contributed by atoms with van der Waals surface area (Å²) in [4.78, 5) is 36.6.